The first-order valence-corrected chi connectivity index (χ1v) is 15.4. The van der Waals surface area contributed by atoms with Gasteiger partial charge in [-0.05, 0) is 101 Å². The van der Waals surface area contributed by atoms with Gasteiger partial charge in [-0.25, -0.2) is 19.2 Å². The van der Waals surface area contributed by atoms with E-state index in [1.165, 1.54) is 0 Å². The molecule has 0 aromatic heterocycles. The summed E-state index contributed by atoms with van der Waals surface area (Å²) in [6.07, 6.45) is 8.14. The van der Waals surface area contributed by atoms with Gasteiger partial charge in [-0.15, -0.1) is 0 Å². The molecule has 3 rings (SSSR count). The first-order chi connectivity index (χ1) is 21.3. The van der Waals surface area contributed by atoms with Gasteiger partial charge in [-0.3, -0.25) is 0 Å². The van der Waals surface area contributed by atoms with Gasteiger partial charge in [-0.2, -0.15) is 0 Å². The number of rotatable bonds is 14. The van der Waals surface area contributed by atoms with Crippen LogP contribution in [0.5, 0.6) is 0 Å². The zero-order valence-corrected chi connectivity index (χ0v) is 26.2. The second kappa shape index (κ2) is 17.7. The van der Waals surface area contributed by atoms with Crippen molar-refractivity contribution in [3.63, 3.8) is 0 Å². The third kappa shape index (κ3) is 9.86. The van der Waals surface area contributed by atoms with Crippen LogP contribution < -0.4 is 10.6 Å². The van der Waals surface area contributed by atoms with E-state index in [4.69, 9.17) is 18.9 Å². The normalized spacial score (nSPS) is 14.5. The standard InChI is InChI=1S/C34H44N2O8/c1-5-41-31(37)29(32(38)42-6-2)25-11-9-13-27(19-25)35-21-23-15-17-24(18-16-23)22-36-28-14-10-12-26(20-28)30(33(39)43-7-3)34(40)44-8-4/h15-20,35-36H,5-14,21-22H2,1-4H3. The Labute approximate surface area is 259 Å². The van der Waals surface area contributed by atoms with Crippen LogP contribution in [0.3, 0.4) is 0 Å². The van der Waals surface area contributed by atoms with Crippen molar-refractivity contribution in [3.8, 4) is 0 Å². The number of hydrogen-bond donors (Lipinski definition) is 2. The van der Waals surface area contributed by atoms with Crippen molar-refractivity contribution in [2.45, 2.75) is 79.3 Å². The SMILES string of the molecule is CCOC(=O)C(C(=O)OCC)=C1C=C(NCc2ccc(CNC3=CC(=C(C(=O)OCC)C(=O)OCC)CCC3)cc2)CCC1. The van der Waals surface area contributed by atoms with E-state index in [-0.39, 0.29) is 37.6 Å². The highest BCUT2D eigenvalue weighted by Crippen LogP contribution is 2.27. The summed E-state index contributed by atoms with van der Waals surface area (Å²) in [6.45, 7) is 8.70. The van der Waals surface area contributed by atoms with Gasteiger partial charge >= 0.3 is 23.9 Å². The summed E-state index contributed by atoms with van der Waals surface area (Å²) in [5.74, 6) is -2.62. The molecular formula is C34H44N2O8. The lowest BCUT2D eigenvalue weighted by Gasteiger charge is -2.20. The van der Waals surface area contributed by atoms with Crippen molar-refractivity contribution in [1.82, 2.24) is 10.6 Å². The van der Waals surface area contributed by atoms with Crippen molar-refractivity contribution in [2.24, 2.45) is 0 Å². The summed E-state index contributed by atoms with van der Waals surface area (Å²) in [5.41, 5.74) is 5.25. The Hall–Kier alpha value is -4.34. The third-order valence-electron chi connectivity index (χ3n) is 7.10. The number of nitrogens with one attached hydrogen (secondary N) is 2. The monoisotopic (exact) mass is 608 g/mol. The number of hydrogen-bond acceptors (Lipinski definition) is 10. The highest BCUT2D eigenvalue weighted by atomic mass is 16.6. The van der Waals surface area contributed by atoms with Gasteiger partial charge in [0.2, 0.25) is 0 Å². The van der Waals surface area contributed by atoms with Gasteiger partial charge in [0, 0.05) is 24.5 Å². The number of carbonyl (C=O) groups excluding carboxylic acids is 4. The molecule has 0 unspecified atom stereocenters. The molecule has 238 valence electrons. The number of allylic oxidation sites excluding steroid dienone is 6. The van der Waals surface area contributed by atoms with E-state index in [0.29, 0.717) is 37.1 Å². The predicted molar refractivity (Wildman–Crippen MR) is 165 cm³/mol. The first-order valence-electron chi connectivity index (χ1n) is 15.4. The van der Waals surface area contributed by atoms with Gasteiger partial charge in [0.1, 0.15) is 11.1 Å². The first kappa shape index (κ1) is 34.2. The van der Waals surface area contributed by atoms with Gasteiger partial charge in [0.25, 0.3) is 0 Å². The third-order valence-corrected chi connectivity index (χ3v) is 7.10. The molecule has 2 aliphatic rings. The molecule has 0 saturated heterocycles. The van der Waals surface area contributed by atoms with Crippen LogP contribution in [0.4, 0.5) is 0 Å². The summed E-state index contributed by atoms with van der Waals surface area (Å²) in [7, 11) is 0. The van der Waals surface area contributed by atoms with Crippen LogP contribution in [-0.2, 0) is 51.2 Å². The van der Waals surface area contributed by atoms with Crippen LogP contribution in [0.2, 0.25) is 0 Å². The largest absolute Gasteiger partial charge is 0.462 e. The van der Waals surface area contributed by atoms with Crippen LogP contribution in [0.25, 0.3) is 0 Å². The minimum Gasteiger partial charge on any atom is -0.462 e. The second-order valence-electron chi connectivity index (χ2n) is 10.3. The average molecular weight is 609 g/mol. The van der Waals surface area contributed by atoms with Crippen molar-refractivity contribution in [2.75, 3.05) is 26.4 Å². The molecule has 2 N–H and O–H groups in total. The summed E-state index contributed by atoms with van der Waals surface area (Å²) in [4.78, 5) is 50.0. The van der Waals surface area contributed by atoms with E-state index in [1.54, 1.807) is 27.7 Å². The molecule has 44 heavy (non-hydrogen) atoms. The van der Waals surface area contributed by atoms with Crippen molar-refractivity contribution in [1.29, 1.82) is 0 Å². The summed E-state index contributed by atoms with van der Waals surface area (Å²) in [5, 5.41) is 6.87. The quantitative estimate of drug-likeness (QED) is 0.0995. The van der Waals surface area contributed by atoms with Gasteiger partial charge in [0.05, 0.1) is 26.4 Å². The van der Waals surface area contributed by atoms with E-state index in [1.807, 2.05) is 36.4 Å². The molecule has 0 fully saturated rings. The van der Waals surface area contributed by atoms with Crippen LogP contribution in [0.15, 0.2) is 70.1 Å². The van der Waals surface area contributed by atoms with Crippen LogP contribution in [-0.4, -0.2) is 50.3 Å². The van der Waals surface area contributed by atoms with E-state index in [9.17, 15) is 19.2 Å². The molecule has 10 heteroatoms. The number of benzene rings is 1. The summed E-state index contributed by atoms with van der Waals surface area (Å²) >= 11 is 0. The van der Waals surface area contributed by atoms with Crippen LogP contribution in [0, 0.1) is 0 Å². The zero-order chi connectivity index (χ0) is 31.9. The lowest BCUT2D eigenvalue weighted by Crippen LogP contribution is -2.22. The van der Waals surface area contributed by atoms with Gasteiger partial charge < -0.3 is 29.6 Å². The fraction of sp³-hybridized carbons (Fsp3) is 0.471. The lowest BCUT2D eigenvalue weighted by molar-refractivity contribution is -0.148. The Morgan fingerprint density at radius 3 is 1.16 bits per heavy atom. The second-order valence-corrected chi connectivity index (χ2v) is 10.3. The Bertz CT molecular complexity index is 1180. The number of ether oxygens (including phenoxy) is 4. The fourth-order valence-corrected chi connectivity index (χ4v) is 5.03. The Morgan fingerprint density at radius 1 is 0.545 bits per heavy atom. The smallest absolute Gasteiger partial charge is 0.345 e. The van der Waals surface area contributed by atoms with Gasteiger partial charge in [0.15, 0.2) is 0 Å². The van der Waals surface area contributed by atoms with Gasteiger partial charge in [-0.1, -0.05) is 24.3 Å². The minimum absolute atomic E-state index is 0.0294. The maximum atomic E-state index is 12.5. The fourth-order valence-electron chi connectivity index (χ4n) is 5.03. The summed E-state index contributed by atoms with van der Waals surface area (Å²) in [6, 6.07) is 8.19. The highest BCUT2D eigenvalue weighted by molar-refractivity contribution is 6.15. The van der Waals surface area contributed by atoms with E-state index < -0.39 is 23.9 Å². The average Bonchev–Trinajstić information content (AvgIpc) is 3.01. The summed E-state index contributed by atoms with van der Waals surface area (Å²) < 4.78 is 20.5. The molecule has 1 aromatic carbocycles. The maximum absolute atomic E-state index is 12.5. The minimum atomic E-state index is -0.655. The number of esters is 4. The van der Waals surface area contributed by atoms with Crippen molar-refractivity contribution in [3.05, 3.63) is 81.2 Å². The molecule has 1 aromatic rings. The topological polar surface area (TPSA) is 129 Å². The predicted octanol–water partition coefficient (Wildman–Crippen LogP) is 4.85. The molecule has 0 saturated carbocycles. The van der Waals surface area contributed by atoms with E-state index in [2.05, 4.69) is 10.6 Å². The molecule has 0 radical (unpaired) electrons. The van der Waals surface area contributed by atoms with Crippen LogP contribution in [0.1, 0.15) is 77.3 Å². The van der Waals surface area contributed by atoms with Crippen molar-refractivity contribution < 1.29 is 38.1 Å². The maximum Gasteiger partial charge on any atom is 0.345 e. The Morgan fingerprint density at radius 2 is 0.864 bits per heavy atom. The number of carbonyl (C=O) groups is 4. The molecule has 0 aliphatic heterocycles. The Kier molecular flexibility index (Phi) is 13.7. The Balaban J connectivity index is 1.65. The molecule has 10 nitrogen and oxygen atoms in total. The van der Waals surface area contributed by atoms with Crippen molar-refractivity contribution >= 4 is 23.9 Å². The molecular weight excluding hydrogens is 564 g/mol. The molecule has 2 aliphatic carbocycles. The lowest BCUT2D eigenvalue weighted by atomic mass is 9.94. The molecule has 0 heterocycles. The van der Waals surface area contributed by atoms with E-state index in [0.717, 1.165) is 48.2 Å². The molecule has 0 atom stereocenters. The van der Waals surface area contributed by atoms with Crippen LogP contribution >= 0.6 is 0 Å². The molecule has 0 amide bonds. The molecule has 0 spiro atoms. The zero-order valence-electron chi connectivity index (χ0n) is 26.2. The van der Waals surface area contributed by atoms with E-state index >= 15 is 0 Å². The highest BCUT2D eigenvalue weighted by Gasteiger charge is 2.27. The molecule has 0 bridgehead atoms.